The van der Waals surface area contributed by atoms with E-state index in [1.54, 1.807) is 6.08 Å². The average Bonchev–Trinajstić information content (AvgIpc) is 2.21. The number of nitrogens with one attached hydrogen (secondary N) is 1. The van der Waals surface area contributed by atoms with E-state index in [-0.39, 0.29) is 12.4 Å². The van der Waals surface area contributed by atoms with Crippen LogP contribution in [0.25, 0.3) is 0 Å². The summed E-state index contributed by atoms with van der Waals surface area (Å²) >= 11 is 0. The summed E-state index contributed by atoms with van der Waals surface area (Å²) in [6.45, 7) is 5.85. The Morgan fingerprint density at radius 2 is 2.27 bits per heavy atom. The van der Waals surface area contributed by atoms with Gasteiger partial charge in [-0.25, -0.2) is 0 Å². The number of amides is 1. The first-order valence-corrected chi connectivity index (χ1v) is 4.95. The van der Waals surface area contributed by atoms with Crippen LogP contribution < -0.4 is 11.1 Å². The van der Waals surface area contributed by atoms with Crippen LogP contribution in [-0.2, 0) is 4.79 Å². The third-order valence-electron chi connectivity index (χ3n) is 1.99. The summed E-state index contributed by atoms with van der Waals surface area (Å²) in [5.41, 5.74) is 5.64. The molecule has 1 amide bonds. The van der Waals surface area contributed by atoms with Crippen molar-refractivity contribution in [1.82, 2.24) is 5.32 Å². The molecule has 0 rings (SSSR count). The van der Waals surface area contributed by atoms with Crippen LogP contribution >= 0.6 is 12.4 Å². The number of aliphatic hydroxyl groups is 1. The Labute approximate surface area is 97.3 Å². The van der Waals surface area contributed by atoms with Crippen LogP contribution in [0.5, 0.6) is 0 Å². The standard InChI is InChI=1S/C10H20N2O2.ClH/c1-3-5-6-8(11)9(13)10(14)12-7-4-2;/h4,8-9,13H,2-3,5-7,11H2,1H3,(H,12,14);1H. The molecule has 0 aromatic carbocycles. The highest BCUT2D eigenvalue weighted by molar-refractivity contribution is 5.85. The molecule has 0 fully saturated rings. The van der Waals surface area contributed by atoms with Gasteiger partial charge in [0.05, 0.1) is 0 Å². The molecule has 0 bridgehead atoms. The maximum absolute atomic E-state index is 11.2. The topological polar surface area (TPSA) is 75.3 Å². The number of nitrogens with two attached hydrogens (primary N) is 1. The molecule has 0 aliphatic heterocycles. The number of carbonyl (C=O) groups excluding carboxylic acids is 1. The van der Waals surface area contributed by atoms with Crippen molar-refractivity contribution in [1.29, 1.82) is 0 Å². The summed E-state index contributed by atoms with van der Waals surface area (Å²) in [7, 11) is 0. The van der Waals surface area contributed by atoms with Crippen LogP contribution in [-0.4, -0.2) is 29.7 Å². The lowest BCUT2D eigenvalue weighted by Gasteiger charge is -2.17. The van der Waals surface area contributed by atoms with E-state index in [1.165, 1.54) is 0 Å². The summed E-state index contributed by atoms with van der Waals surface area (Å²) in [6.07, 6.45) is 3.05. The van der Waals surface area contributed by atoms with E-state index in [4.69, 9.17) is 5.73 Å². The first-order chi connectivity index (χ1) is 6.63. The van der Waals surface area contributed by atoms with Gasteiger partial charge in [-0.1, -0.05) is 25.8 Å². The number of hydrogen-bond acceptors (Lipinski definition) is 3. The Kier molecular flexibility index (Phi) is 11.2. The first kappa shape index (κ1) is 16.8. The van der Waals surface area contributed by atoms with Crippen molar-refractivity contribution in [2.75, 3.05) is 6.54 Å². The molecule has 4 N–H and O–H groups in total. The lowest BCUT2D eigenvalue weighted by atomic mass is 10.0. The predicted octanol–water partition coefficient (Wildman–Crippen LogP) is 0.589. The SMILES string of the molecule is C=CCNC(=O)C(O)C(N)CCCC.Cl. The highest BCUT2D eigenvalue weighted by atomic mass is 35.5. The van der Waals surface area contributed by atoms with Crippen molar-refractivity contribution < 1.29 is 9.90 Å². The van der Waals surface area contributed by atoms with Gasteiger partial charge >= 0.3 is 0 Å². The lowest BCUT2D eigenvalue weighted by molar-refractivity contribution is -0.130. The molecule has 0 saturated heterocycles. The molecule has 0 aromatic heterocycles. The van der Waals surface area contributed by atoms with E-state index in [9.17, 15) is 9.90 Å². The first-order valence-electron chi connectivity index (χ1n) is 4.95. The van der Waals surface area contributed by atoms with Crippen LogP contribution in [0.1, 0.15) is 26.2 Å². The minimum absolute atomic E-state index is 0. The van der Waals surface area contributed by atoms with E-state index in [0.29, 0.717) is 13.0 Å². The molecule has 0 radical (unpaired) electrons. The fourth-order valence-electron chi connectivity index (χ4n) is 1.07. The predicted molar refractivity (Wildman–Crippen MR) is 64.0 cm³/mol. The summed E-state index contributed by atoms with van der Waals surface area (Å²) in [5.74, 6) is -0.423. The number of aliphatic hydroxyl groups excluding tert-OH is 1. The molecule has 0 spiro atoms. The maximum atomic E-state index is 11.2. The third kappa shape index (κ3) is 7.36. The van der Waals surface area contributed by atoms with E-state index in [1.807, 2.05) is 6.92 Å². The molecular weight excluding hydrogens is 216 g/mol. The van der Waals surface area contributed by atoms with E-state index >= 15 is 0 Å². The average molecular weight is 237 g/mol. The second-order valence-corrected chi connectivity index (χ2v) is 3.28. The summed E-state index contributed by atoms with van der Waals surface area (Å²) in [6, 6.07) is -0.472. The Morgan fingerprint density at radius 1 is 1.67 bits per heavy atom. The van der Waals surface area contributed by atoms with E-state index < -0.39 is 18.1 Å². The Balaban J connectivity index is 0. The number of rotatable bonds is 7. The van der Waals surface area contributed by atoms with Gasteiger partial charge in [-0.05, 0) is 6.42 Å². The monoisotopic (exact) mass is 236 g/mol. The molecule has 0 aliphatic carbocycles. The summed E-state index contributed by atoms with van der Waals surface area (Å²) in [5, 5.41) is 12.0. The highest BCUT2D eigenvalue weighted by Crippen LogP contribution is 2.02. The van der Waals surface area contributed by atoms with Gasteiger partial charge in [-0.3, -0.25) is 4.79 Å². The van der Waals surface area contributed by atoms with Gasteiger partial charge in [-0.2, -0.15) is 0 Å². The maximum Gasteiger partial charge on any atom is 0.250 e. The van der Waals surface area contributed by atoms with Crippen LogP contribution in [0.4, 0.5) is 0 Å². The van der Waals surface area contributed by atoms with Gasteiger partial charge in [0.1, 0.15) is 6.10 Å². The molecule has 4 nitrogen and oxygen atoms in total. The van der Waals surface area contributed by atoms with Crippen molar-refractivity contribution in [3.63, 3.8) is 0 Å². The van der Waals surface area contributed by atoms with Crippen LogP contribution in [0.15, 0.2) is 12.7 Å². The van der Waals surface area contributed by atoms with Gasteiger partial charge < -0.3 is 16.2 Å². The number of hydrogen-bond donors (Lipinski definition) is 3. The molecule has 15 heavy (non-hydrogen) atoms. The van der Waals surface area contributed by atoms with Crippen molar-refractivity contribution in [3.8, 4) is 0 Å². The molecule has 2 unspecified atom stereocenters. The van der Waals surface area contributed by atoms with Crippen molar-refractivity contribution in [2.45, 2.75) is 38.3 Å². The van der Waals surface area contributed by atoms with E-state index in [0.717, 1.165) is 12.8 Å². The lowest BCUT2D eigenvalue weighted by Crippen LogP contribution is -2.46. The van der Waals surface area contributed by atoms with Gasteiger partial charge in [0.15, 0.2) is 0 Å². The zero-order valence-corrected chi connectivity index (χ0v) is 9.93. The smallest absolute Gasteiger partial charge is 0.250 e. The molecule has 0 aromatic rings. The molecule has 5 heteroatoms. The third-order valence-corrected chi connectivity index (χ3v) is 1.99. The second kappa shape index (κ2) is 9.96. The molecule has 0 heterocycles. The minimum Gasteiger partial charge on any atom is -0.382 e. The second-order valence-electron chi connectivity index (χ2n) is 3.28. The van der Waals surface area contributed by atoms with Gasteiger partial charge in [0.2, 0.25) is 0 Å². The van der Waals surface area contributed by atoms with Gasteiger partial charge in [0.25, 0.3) is 5.91 Å². The van der Waals surface area contributed by atoms with Gasteiger partial charge in [0, 0.05) is 12.6 Å². The van der Waals surface area contributed by atoms with Crippen molar-refractivity contribution in [2.24, 2.45) is 5.73 Å². The summed E-state index contributed by atoms with van der Waals surface area (Å²) in [4.78, 5) is 11.2. The normalized spacial score (nSPS) is 13.5. The fraction of sp³-hybridized carbons (Fsp3) is 0.700. The minimum atomic E-state index is -1.11. The Bertz CT molecular complexity index is 188. The zero-order valence-electron chi connectivity index (χ0n) is 9.11. The van der Waals surface area contributed by atoms with E-state index in [2.05, 4.69) is 11.9 Å². The summed E-state index contributed by atoms with van der Waals surface area (Å²) < 4.78 is 0. The number of halogens is 1. The Hall–Kier alpha value is -0.580. The number of carbonyl (C=O) groups is 1. The zero-order chi connectivity index (χ0) is 11.0. The highest BCUT2D eigenvalue weighted by Gasteiger charge is 2.21. The van der Waals surface area contributed by atoms with Crippen LogP contribution in [0.2, 0.25) is 0 Å². The molecule has 90 valence electrons. The number of unbranched alkanes of at least 4 members (excludes halogenated alkanes) is 1. The van der Waals surface area contributed by atoms with Gasteiger partial charge in [-0.15, -0.1) is 19.0 Å². The molecule has 0 saturated carbocycles. The van der Waals surface area contributed by atoms with Crippen molar-refractivity contribution in [3.05, 3.63) is 12.7 Å². The Morgan fingerprint density at radius 3 is 2.73 bits per heavy atom. The van der Waals surface area contributed by atoms with Crippen LogP contribution in [0, 0.1) is 0 Å². The fourth-order valence-corrected chi connectivity index (χ4v) is 1.07. The molecular formula is C10H21ClN2O2. The molecule has 2 atom stereocenters. The van der Waals surface area contributed by atoms with Crippen LogP contribution in [0.3, 0.4) is 0 Å². The largest absolute Gasteiger partial charge is 0.382 e. The molecule has 0 aliphatic rings. The quantitative estimate of drug-likeness (QED) is 0.567. The van der Waals surface area contributed by atoms with Crippen molar-refractivity contribution >= 4 is 18.3 Å².